The first-order valence-corrected chi connectivity index (χ1v) is 14.3. The fourth-order valence-electron chi connectivity index (χ4n) is 4.65. The third kappa shape index (κ3) is 7.81. The summed E-state index contributed by atoms with van der Waals surface area (Å²) >= 11 is 13.0. The van der Waals surface area contributed by atoms with E-state index in [1.54, 1.807) is 29.8 Å². The van der Waals surface area contributed by atoms with Gasteiger partial charge in [-0.1, -0.05) is 29.3 Å². The summed E-state index contributed by atoms with van der Waals surface area (Å²) in [6.07, 6.45) is -5.11. The van der Waals surface area contributed by atoms with Crippen molar-refractivity contribution in [3.05, 3.63) is 45.4 Å². The van der Waals surface area contributed by atoms with Gasteiger partial charge in [0.2, 0.25) is 5.95 Å². The Morgan fingerprint density at radius 3 is 2.40 bits per heavy atom. The van der Waals surface area contributed by atoms with E-state index in [9.17, 15) is 32.3 Å². The second kappa shape index (κ2) is 12.7. The van der Waals surface area contributed by atoms with Gasteiger partial charge < -0.3 is 30.5 Å². The summed E-state index contributed by atoms with van der Waals surface area (Å²) in [7, 11) is 1.72. The molecule has 2 amide bonds. The molecule has 1 aliphatic heterocycles. The number of amides is 2. The number of alkyl halides is 4. The monoisotopic (exact) mass is 646 g/mol. The van der Waals surface area contributed by atoms with E-state index in [-0.39, 0.29) is 27.8 Å². The van der Waals surface area contributed by atoms with Crippen molar-refractivity contribution < 1.29 is 32.3 Å². The van der Waals surface area contributed by atoms with Crippen LogP contribution in [0.4, 0.5) is 34.9 Å². The molecule has 1 aliphatic rings. The zero-order valence-corrected chi connectivity index (χ0v) is 25.2. The summed E-state index contributed by atoms with van der Waals surface area (Å²) in [4.78, 5) is 31.6. The minimum atomic E-state index is -4.42. The molecule has 15 heteroatoms. The Bertz CT molecular complexity index is 1520. The minimum absolute atomic E-state index is 0.0554. The van der Waals surface area contributed by atoms with Crippen LogP contribution in [0.15, 0.2) is 24.3 Å². The first-order valence-electron chi connectivity index (χ1n) is 13.5. The van der Waals surface area contributed by atoms with Crippen LogP contribution in [0.3, 0.4) is 0 Å². The highest BCUT2D eigenvalue weighted by Gasteiger charge is 2.29. The zero-order valence-electron chi connectivity index (χ0n) is 23.7. The van der Waals surface area contributed by atoms with Crippen molar-refractivity contribution in [3.8, 4) is 0 Å². The number of hydrogen-bond acceptors (Lipinski definition) is 6. The van der Waals surface area contributed by atoms with E-state index in [0.29, 0.717) is 54.2 Å². The average Bonchev–Trinajstić information content (AvgIpc) is 3.22. The van der Waals surface area contributed by atoms with Gasteiger partial charge in [0.05, 0.1) is 50.5 Å². The Hall–Kier alpha value is -3.29. The predicted molar refractivity (Wildman–Crippen MR) is 158 cm³/mol. The third-order valence-electron chi connectivity index (χ3n) is 7.13. The molecule has 0 spiro atoms. The number of aromatic nitrogens is 2. The van der Waals surface area contributed by atoms with Gasteiger partial charge in [-0.2, -0.15) is 13.2 Å². The van der Waals surface area contributed by atoms with Crippen molar-refractivity contribution in [2.45, 2.75) is 57.6 Å². The van der Waals surface area contributed by atoms with Crippen LogP contribution in [0.1, 0.15) is 49.0 Å². The smallest absolute Gasteiger partial charge is 0.390 e. The molecule has 0 unspecified atom stereocenters. The van der Waals surface area contributed by atoms with Crippen LogP contribution in [-0.4, -0.2) is 64.1 Å². The maximum absolute atomic E-state index is 13.9. The van der Waals surface area contributed by atoms with E-state index in [2.05, 4.69) is 20.9 Å². The average molecular weight is 648 g/mol. The number of aliphatic hydroxyl groups is 1. The van der Waals surface area contributed by atoms with Crippen LogP contribution < -0.4 is 20.9 Å². The third-order valence-corrected chi connectivity index (χ3v) is 7.88. The number of aryl methyl sites for hydroxylation is 1. The molecule has 0 saturated carbocycles. The summed E-state index contributed by atoms with van der Waals surface area (Å²) in [6, 6.07) is 6.41. The molecule has 0 bridgehead atoms. The molecule has 4 N–H and O–H groups in total. The lowest BCUT2D eigenvalue weighted by Gasteiger charge is -2.32. The molecule has 9 nitrogen and oxygen atoms in total. The fraction of sp³-hybridized carbons (Fsp3) is 0.464. The zero-order chi connectivity index (χ0) is 31.7. The summed E-state index contributed by atoms with van der Waals surface area (Å²) in [5, 5.41) is 18.3. The van der Waals surface area contributed by atoms with Crippen LogP contribution in [0, 0.1) is 0 Å². The van der Waals surface area contributed by atoms with E-state index in [1.807, 2.05) is 4.90 Å². The molecular weight excluding hydrogens is 615 g/mol. The first-order chi connectivity index (χ1) is 20.0. The lowest BCUT2D eigenvalue weighted by Crippen LogP contribution is -2.38. The molecule has 0 aliphatic carbocycles. The molecular formula is C28H32Cl2F4N6O3. The van der Waals surface area contributed by atoms with Gasteiger partial charge in [0, 0.05) is 33.2 Å². The van der Waals surface area contributed by atoms with Crippen molar-refractivity contribution in [3.63, 3.8) is 0 Å². The van der Waals surface area contributed by atoms with Crippen LogP contribution in [0.2, 0.25) is 10.0 Å². The Morgan fingerprint density at radius 1 is 1.09 bits per heavy atom. The number of benzene rings is 2. The van der Waals surface area contributed by atoms with E-state index >= 15 is 0 Å². The van der Waals surface area contributed by atoms with Crippen LogP contribution in [0.5, 0.6) is 0 Å². The molecule has 1 fully saturated rings. The fourth-order valence-corrected chi connectivity index (χ4v) is 5.18. The number of nitrogens with zero attached hydrogens (tertiary/aromatic N) is 3. The Balaban J connectivity index is 1.67. The number of carbonyl (C=O) groups excluding carboxylic acids is 2. The number of aliphatic hydroxyl groups excluding tert-OH is 1. The number of piperidine rings is 1. The van der Waals surface area contributed by atoms with Crippen LogP contribution in [0.25, 0.3) is 11.0 Å². The summed E-state index contributed by atoms with van der Waals surface area (Å²) in [6.45, 7) is 2.55. The number of fused-ring (bicyclic) bond motifs is 1. The van der Waals surface area contributed by atoms with Crippen molar-refractivity contribution in [2.75, 3.05) is 29.9 Å². The van der Waals surface area contributed by atoms with Crippen molar-refractivity contribution in [1.82, 2.24) is 20.2 Å². The quantitative estimate of drug-likeness (QED) is 0.224. The van der Waals surface area contributed by atoms with Gasteiger partial charge in [-0.3, -0.25) is 9.59 Å². The van der Waals surface area contributed by atoms with Crippen LogP contribution in [-0.2, 0) is 18.4 Å². The number of nitrogens with one attached hydrogen (secondary N) is 3. The number of carbonyl (C=O) groups is 2. The highest BCUT2D eigenvalue weighted by molar-refractivity contribution is 6.39. The maximum Gasteiger partial charge on any atom is 0.390 e. The molecule has 3 aromatic rings. The van der Waals surface area contributed by atoms with Crippen molar-refractivity contribution >= 4 is 63.4 Å². The summed E-state index contributed by atoms with van der Waals surface area (Å²) < 4.78 is 53.7. The second-order valence-electron chi connectivity index (χ2n) is 10.9. The normalized spacial score (nSPS) is 14.7. The van der Waals surface area contributed by atoms with Crippen LogP contribution >= 0.6 is 23.2 Å². The summed E-state index contributed by atoms with van der Waals surface area (Å²) in [5.74, 6) is -1.19. The molecule has 43 heavy (non-hydrogen) atoms. The van der Waals surface area contributed by atoms with E-state index in [1.165, 1.54) is 6.07 Å². The molecule has 1 aromatic heterocycles. The Labute approximate surface area is 255 Å². The predicted octanol–water partition coefficient (Wildman–Crippen LogP) is 5.63. The van der Waals surface area contributed by atoms with Gasteiger partial charge in [0.15, 0.2) is 5.67 Å². The maximum atomic E-state index is 13.9. The Morgan fingerprint density at radius 2 is 1.77 bits per heavy atom. The highest BCUT2D eigenvalue weighted by Crippen LogP contribution is 2.37. The molecule has 0 radical (unpaired) electrons. The standard InChI is InChI=1S/C28H32Cl2F4N6O3/c1-27(2,31)25(43)36-14-15-4-5-18(29)23(22(15)30)38-26-37-19-12-17(24(42)35-9-8-28(32,33)34)20(13-21(19)39(26)3)40-10-6-16(41)7-11-40/h4-5,12-13,16,41H,6-11,14H2,1-3H3,(H,35,42)(H,36,43)(H,37,38). The van der Waals surface area contributed by atoms with Crippen molar-refractivity contribution in [1.29, 1.82) is 0 Å². The molecule has 2 heterocycles. The lowest BCUT2D eigenvalue weighted by molar-refractivity contribution is -0.133. The van der Waals surface area contributed by atoms with Crippen molar-refractivity contribution in [2.24, 2.45) is 7.05 Å². The first kappa shape index (κ1) is 32.6. The van der Waals surface area contributed by atoms with Gasteiger partial charge in [0.25, 0.3) is 11.8 Å². The van der Waals surface area contributed by atoms with Gasteiger partial charge in [-0.15, -0.1) is 0 Å². The van der Waals surface area contributed by atoms with Gasteiger partial charge >= 0.3 is 6.18 Å². The molecule has 234 valence electrons. The second-order valence-corrected chi connectivity index (χ2v) is 11.7. The number of imidazole rings is 1. The minimum Gasteiger partial charge on any atom is -0.393 e. The molecule has 1 saturated heterocycles. The van der Waals surface area contributed by atoms with E-state index in [4.69, 9.17) is 23.2 Å². The van der Waals surface area contributed by atoms with Gasteiger partial charge in [0.1, 0.15) is 0 Å². The van der Waals surface area contributed by atoms with Gasteiger partial charge in [-0.05, 0) is 50.5 Å². The SMILES string of the molecule is Cn1c(Nc2c(Cl)ccc(CNC(=O)C(C)(C)F)c2Cl)nc2cc(C(=O)NCCC(F)(F)F)c(N3CCC(O)CC3)cc21. The lowest BCUT2D eigenvalue weighted by atomic mass is 10.0. The topological polar surface area (TPSA) is 112 Å². The van der Waals surface area contributed by atoms with Gasteiger partial charge in [-0.25, -0.2) is 9.37 Å². The molecule has 0 atom stereocenters. The molecule has 2 aromatic carbocycles. The number of rotatable bonds is 9. The number of anilines is 3. The summed E-state index contributed by atoms with van der Waals surface area (Å²) in [5.41, 5.74) is 0.321. The number of halogens is 6. The molecule has 4 rings (SSSR count). The number of hydrogen-bond donors (Lipinski definition) is 4. The van der Waals surface area contributed by atoms with E-state index < -0.39 is 42.7 Å². The highest BCUT2D eigenvalue weighted by atomic mass is 35.5. The largest absolute Gasteiger partial charge is 0.393 e. The Kier molecular flexibility index (Phi) is 9.67. The van der Waals surface area contributed by atoms with E-state index in [0.717, 1.165) is 13.8 Å².